The van der Waals surface area contributed by atoms with Crippen LogP contribution in [0, 0.1) is 5.92 Å². The number of hydrogen-bond acceptors (Lipinski definition) is 4. The van der Waals surface area contributed by atoms with Crippen LogP contribution in [0.5, 0.6) is 11.5 Å². The number of hydrogen-bond donors (Lipinski definition) is 2. The third kappa shape index (κ3) is 3.89. The molecule has 0 heterocycles. The number of ether oxygens (including phenoxy) is 2. The number of aliphatic hydroxyl groups is 1. The van der Waals surface area contributed by atoms with Gasteiger partial charge >= 0.3 is 0 Å². The minimum absolute atomic E-state index is 0.0646. The fourth-order valence-electron chi connectivity index (χ4n) is 3.11. The Labute approximate surface area is 127 Å². The van der Waals surface area contributed by atoms with Crippen LogP contribution >= 0.6 is 0 Å². The van der Waals surface area contributed by atoms with Crippen LogP contribution in [0.3, 0.4) is 0 Å². The van der Waals surface area contributed by atoms with E-state index in [1.54, 1.807) is 0 Å². The summed E-state index contributed by atoms with van der Waals surface area (Å²) in [5.74, 6) is 1.58. The maximum Gasteiger partial charge on any atom is 0.128 e. The van der Waals surface area contributed by atoms with Crippen LogP contribution < -0.4 is 15.2 Å². The van der Waals surface area contributed by atoms with E-state index in [9.17, 15) is 5.11 Å². The molecule has 4 nitrogen and oxygen atoms in total. The van der Waals surface area contributed by atoms with Crippen LogP contribution in [0.15, 0.2) is 18.2 Å². The van der Waals surface area contributed by atoms with Gasteiger partial charge in [-0.15, -0.1) is 0 Å². The van der Waals surface area contributed by atoms with E-state index >= 15 is 0 Å². The Balaban J connectivity index is 2.23. The SMILES string of the molecule is CCOc1ccc(C(O)C2CCCCC2N)c(OCC)c1. The second-order valence-corrected chi connectivity index (χ2v) is 5.62. The van der Waals surface area contributed by atoms with E-state index in [0.717, 1.165) is 37.0 Å². The highest BCUT2D eigenvalue weighted by atomic mass is 16.5. The van der Waals surface area contributed by atoms with Crippen molar-refractivity contribution < 1.29 is 14.6 Å². The average molecular weight is 293 g/mol. The molecule has 0 amide bonds. The largest absolute Gasteiger partial charge is 0.494 e. The van der Waals surface area contributed by atoms with Crippen molar-refractivity contribution in [1.29, 1.82) is 0 Å². The zero-order valence-corrected chi connectivity index (χ0v) is 13.0. The van der Waals surface area contributed by atoms with Crippen molar-refractivity contribution in [2.24, 2.45) is 11.7 Å². The van der Waals surface area contributed by atoms with Crippen LogP contribution in [0.2, 0.25) is 0 Å². The Morgan fingerprint density at radius 3 is 2.57 bits per heavy atom. The number of benzene rings is 1. The van der Waals surface area contributed by atoms with E-state index < -0.39 is 6.10 Å². The summed E-state index contributed by atoms with van der Waals surface area (Å²) in [5.41, 5.74) is 7.02. The van der Waals surface area contributed by atoms with Gasteiger partial charge in [0.25, 0.3) is 0 Å². The fraction of sp³-hybridized carbons (Fsp3) is 0.647. The van der Waals surface area contributed by atoms with Gasteiger partial charge in [0.15, 0.2) is 0 Å². The second-order valence-electron chi connectivity index (χ2n) is 5.62. The molecule has 1 aliphatic rings. The molecular weight excluding hydrogens is 266 g/mol. The average Bonchev–Trinajstić information content (AvgIpc) is 2.48. The Hall–Kier alpha value is -1.26. The molecule has 0 aromatic heterocycles. The number of nitrogens with two attached hydrogens (primary N) is 1. The molecule has 0 bridgehead atoms. The van der Waals surface area contributed by atoms with E-state index in [2.05, 4.69) is 0 Å². The molecule has 1 saturated carbocycles. The van der Waals surface area contributed by atoms with E-state index in [1.807, 2.05) is 32.0 Å². The summed E-state index contributed by atoms with van der Waals surface area (Å²) in [5, 5.41) is 10.7. The first-order valence-corrected chi connectivity index (χ1v) is 8.00. The second kappa shape index (κ2) is 7.66. The van der Waals surface area contributed by atoms with Crippen molar-refractivity contribution >= 4 is 0 Å². The Morgan fingerprint density at radius 1 is 1.19 bits per heavy atom. The van der Waals surface area contributed by atoms with Crippen molar-refractivity contribution in [1.82, 2.24) is 0 Å². The lowest BCUT2D eigenvalue weighted by Crippen LogP contribution is -2.36. The Morgan fingerprint density at radius 2 is 1.90 bits per heavy atom. The normalized spacial score (nSPS) is 23.6. The van der Waals surface area contributed by atoms with Crippen LogP contribution in [0.4, 0.5) is 0 Å². The summed E-state index contributed by atoms with van der Waals surface area (Å²) in [7, 11) is 0. The third-order valence-electron chi connectivity index (χ3n) is 4.19. The highest BCUT2D eigenvalue weighted by Gasteiger charge is 2.31. The van der Waals surface area contributed by atoms with Gasteiger partial charge in [-0.1, -0.05) is 12.8 Å². The summed E-state index contributed by atoms with van der Waals surface area (Å²) < 4.78 is 11.2. The molecular formula is C17H27NO3. The van der Waals surface area contributed by atoms with E-state index in [4.69, 9.17) is 15.2 Å². The van der Waals surface area contributed by atoms with E-state index in [0.29, 0.717) is 19.0 Å². The lowest BCUT2D eigenvalue weighted by molar-refractivity contribution is 0.0695. The molecule has 1 aromatic rings. The van der Waals surface area contributed by atoms with E-state index in [-0.39, 0.29) is 12.0 Å². The molecule has 118 valence electrons. The number of aliphatic hydroxyl groups excluding tert-OH is 1. The summed E-state index contributed by atoms with van der Waals surface area (Å²) in [6, 6.07) is 5.72. The van der Waals surface area contributed by atoms with Crippen LogP contribution in [-0.4, -0.2) is 24.4 Å². The molecule has 4 heteroatoms. The van der Waals surface area contributed by atoms with Crippen molar-refractivity contribution in [2.45, 2.75) is 51.7 Å². The predicted octanol–water partition coefficient (Wildman–Crippen LogP) is 3.03. The Bertz CT molecular complexity index is 450. The van der Waals surface area contributed by atoms with E-state index in [1.165, 1.54) is 0 Å². The van der Waals surface area contributed by atoms with Gasteiger partial charge in [-0.05, 0) is 38.8 Å². The maximum absolute atomic E-state index is 10.7. The predicted molar refractivity (Wildman–Crippen MR) is 83.7 cm³/mol. The molecule has 3 N–H and O–H groups in total. The van der Waals surface area contributed by atoms with Crippen molar-refractivity contribution in [3.05, 3.63) is 23.8 Å². The minimum Gasteiger partial charge on any atom is -0.494 e. The van der Waals surface area contributed by atoms with Gasteiger partial charge in [0, 0.05) is 23.6 Å². The van der Waals surface area contributed by atoms with Gasteiger partial charge in [0.05, 0.1) is 19.3 Å². The molecule has 1 aliphatic carbocycles. The highest BCUT2D eigenvalue weighted by Crippen LogP contribution is 2.38. The molecule has 3 atom stereocenters. The molecule has 0 spiro atoms. The molecule has 0 aliphatic heterocycles. The van der Waals surface area contributed by atoms with Crippen LogP contribution in [0.25, 0.3) is 0 Å². The number of rotatable bonds is 6. The quantitative estimate of drug-likeness (QED) is 0.846. The third-order valence-corrected chi connectivity index (χ3v) is 4.19. The van der Waals surface area contributed by atoms with Gasteiger partial charge < -0.3 is 20.3 Å². The first-order chi connectivity index (χ1) is 10.2. The summed E-state index contributed by atoms with van der Waals surface area (Å²) in [4.78, 5) is 0. The highest BCUT2D eigenvalue weighted by molar-refractivity contribution is 5.42. The first-order valence-electron chi connectivity index (χ1n) is 8.00. The lowest BCUT2D eigenvalue weighted by Gasteiger charge is -2.33. The maximum atomic E-state index is 10.7. The Kier molecular flexibility index (Phi) is 5.88. The summed E-state index contributed by atoms with van der Waals surface area (Å²) in [6.07, 6.45) is 3.68. The lowest BCUT2D eigenvalue weighted by atomic mass is 9.79. The van der Waals surface area contributed by atoms with Crippen LogP contribution in [0.1, 0.15) is 51.2 Å². The molecule has 0 radical (unpaired) electrons. The molecule has 2 rings (SSSR count). The topological polar surface area (TPSA) is 64.7 Å². The van der Waals surface area contributed by atoms with Gasteiger partial charge in [-0.3, -0.25) is 0 Å². The van der Waals surface area contributed by atoms with Crippen molar-refractivity contribution in [2.75, 3.05) is 13.2 Å². The zero-order valence-electron chi connectivity index (χ0n) is 13.0. The van der Waals surface area contributed by atoms with Gasteiger partial charge in [0.2, 0.25) is 0 Å². The van der Waals surface area contributed by atoms with Crippen LogP contribution in [-0.2, 0) is 0 Å². The molecule has 0 saturated heterocycles. The molecule has 1 aromatic carbocycles. The van der Waals surface area contributed by atoms with Gasteiger partial charge in [-0.25, -0.2) is 0 Å². The van der Waals surface area contributed by atoms with Crippen molar-refractivity contribution in [3.63, 3.8) is 0 Å². The smallest absolute Gasteiger partial charge is 0.128 e. The minimum atomic E-state index is -0.572. The summed E-state index contributed by atoms with van der Waals surface area (Å²) in [6.45, 7) is 5.06. The standard InChI is InChI=1S/C17H27NO3/c1-3-20-12-9-10-14(16(11-12)21-4-2)17(19)13-7-5-6-8-15(13)18/h9-11,13,15,17,19H,3-8,18H2,1-2H3. The van der Waals surface area contributed by atoms with Gasteiger partial charge in [-0.2, -0.15) is 0 Å². The van der Waals surface area contributed by atoms with Crippen molar-refractivity contribution in [3.8, 4) is 11.5 Å². The molecule has 3 unspecified atom stereocenters. The zero-order chi connectivity index (χ0) is 15.2. The molecule has 1 fully saturated rings. The molecule has 21 heavy (non-hydrogen) atoms. The fourth-order valence-corrected chi connectivity index (χ4v) is 3.11. The summed E-state index contributed by atoms with van der Waals surface area (Å²) >= 11 is 0. The monoisotopic (exact) mass is 293 g/mol. The van der Waals surface area contributed by atoms with Gasteiger partial charge in [0.1, 0.15) is 11.5 Å². The first kappa shape index (κ1) is 16.1.